The molecule has 122 valence electrons. The van der Waals surface area contributed by atoms with Crippen LogP contribution in [0.1, 0.15) is 30.3 Å². The smallest absolute Gasteiger partial charge is 0.290 e. The highest BCUT2D eigenvalue weighted by Crippen LogP contribution is 2.24. The maximum atomic E-state index is 12.3. The van der Waals surface area contributed by atoms with Crippen LogP contribution < -0.4 is 10.1 Å². The lowest BCUT2D eigenvalue weighted by atomic mass is 9.97. The lowest BCUT2D eigenvalue weighted by Crippen LogP contribution is -2.40. The molecule has 1 fully saturated rings. The van der Waals surface area contributed by atoms with Crippen LogP contribution >= 0.6 is 0 Å². The van der Waals surface area contributed by atoms with Gasteiger partial charge in [0.2, 0.25) is 0 Å². The summed E-state index contributed by atoms with van der Waals surface area (Å²) in [6, 6.07) is 12.7. The molecule has 0 aliphatic carbocycles. The second kappa shape index (κ2) is 7.33. The average molecular weight is 315 g/mol. The molecule has 0 spiro atoms. The van der Waals surface area contributed by atoms with Gasteiger partial charge in [-0.15, -0.1) is 0 Å². The maximum Gasteiger partial charge on any atom is 0.290 e. The summed E-state index contributed by atoms with van der Waals surface area (Å²) in [5.41, 5.74) is 0. The van der Waals surface area contributed by atoms with Crippen molar-refractivity contribution in [2.75, 3.05) is 13.2 Å². The number of amides is 1. The highest BCUT2D eigenvalue weighted by molar-refractivity contribution is 5.91. The molecule has 2 atom stereocenters. The first-order chi connectivity index (χ1) is 11.3. The predicted octanol–water partition coefficient (Wildman–Crippen LogP) is 3.62. The zero-order valence-corrected chi connectivity index (χ0v) is 13.2. The lowest BCUT2D eigenvalue weighted by Gasteiger charge is -2.21. The molecule has 1 aliphatic rings. The Morgan fingerprint density at radius 2 is 2.13 bits per heavy atom. The van der Waals surface area contributed by atoms with Gasteiger partial charge in [-0.25, -0.2) is 0 Å². The highest BCUT2D eigenvalue weighted by Gasteiger charge is 2.26. The van der Waals surface area contributed by atoms with E-state index in [2.05, 4.69) is 12.2 Å². The van der Waals surface area contributed by atoms with Gasteiger partial charge in [0.15, 0.2) is 5.76 Å². The molecule has 2 heterocycles. The summed E-state index contributed by atoms with van der Waals surface area (Å²) in [7, 11) is 0. The number of rotatable bonds is 6. The predicted molar refractivity (Wildman–Crippen MR) is 85.7 cm³/mol. The Balaban J connectivity index is 1.61. The zero-order chi connectivity index (χ0) is 16.1. The van der Waals surface area contributed by atoms with E-state index in [1.165, 1.54) is 0 Å². The van der Waals surface area contributed by atoms with Gasteiger partial charge in [0.05, 0.1) is 6.61 Å². The third-order valence-corrected chi connectivity index (χ3v) is 4.06. The van der Waals surface area contributed by atoms with E-state index in [1.54, 1.807) is 12.1 Å². The number of hydrogen-bond donors (Lipinski definition) is 1. The topological polar surface area (TPSA) is 60.7 Å². The van der Waals surface area contributed by atoms with Crippen LogP contribution in [0.2, 0.25) is 0 Å². The first-order valence-electron chi connectivity index (χ1n) is 7.97. The first kappa shape index (κ1) is 15.6. The van der Waals surface area contributed by atoms with Crippen LogP contribution in [0.3, 0.4) is 0 Å². The molecule has 2 aromatic rings. The van der Waals surface area contributed by atoms with E-state index >= 15 is 0 Å². The van der Waals surface area contributed by atoms with Crippen molar-refractivity contribution in [2.24, 2.45) is 5.92 Å². The van der Waals surface area contributed by atoms with Gasteiger partial charge in [-0.2, -0.15) is 0 Å². The highest BCUT2D eigenvalue weighted by atomic mass is 16.6. The quantitative estimate of drug-likeness (QED) is 0.884. The van der Waals surface area contributed by atoms with Gasteiger partial charge in [0.1, 0.15) is 5.75 Å². The molecule has 3 rings (SSSR count). The molecule has 23 heavy (non-hydrogen) atoms. The summed E-state index contributed by atoms with van der Waals surface area (Å²) >= 11 is 0. The molecule has 5 heteroatoms. The van der Waals surface area contributed by atoms with Crippen LogP contribution in [-0.2, 0) is 4.74 Å². The summed E-state index contributed by atoms with van der Waals surface area (Å²) in [5, 5.41) is 3.03. The first-order valence-corrected chi connectivity index (χ1v) is 7.97. The largest absolute Gasteiger partial charge is 0.426 e. The van der Waals surface area contributed by atoms with Crippen LogP contribution in [0.5, 0.6) is 11.7 Å². The van der Waals surface area contributed by atoms with E-state index in [9.17, 15) is 4.79 Å². The Bertz CT molecular complexity index is 631. The summed E-state index contributed by atoms with van der Waals surface area (Å²) < 4.78 is 16.5. The van der Waals surface area contributed by atoms with Gasteiger partial charge < -0.3 is 19.2 Å². The normalized spacial score (nSPS) is 18.6. The van der Waals surface area contributed by atoms with Gasteiger partial charge in [0, 0.05) is 24.6 Å². The number of hydrogen-bond acceptors (Lipinski definition) is 4. The Kier molecular flexibility index (Phi) is 4.98. The number of furan rings is 1. The number of nitrogens with one attached hydrogen (secondary N) is 1. The minimum Gasteiger partial charge on any atom is -0.426 e. The minimum atomic E-state index is -0.216. The molecule has 1 aliphatic heterocycles. The van der Waals surface area contributed by atoms with E-state index in [-0.39, 0.29) is 17.7 Å². The summed E-state index contributed by atoms with van der Waals surface area (Å²) in [4.78, 5) is 12.3. The van der Waals surface area contributed by atoms with Gasteiger partial charge in [-0.1, -0.05) is 25.1 Å². The van der Waals surface area contributed by atoms with E-state index in [4.69, 9.17) is 13.9 Å². The van der Waals surface area contributed by atoms with Crippen molar-refractivity contribution in [3.05, 3.63) is 48.2 Å². The Morgan fingerprint density at radius 3 is 2.83 bits per heavy atom. The van der Waals surface area contributed by atoms with Crippen LogP contribution in [0.15, 0.2) is 46.9 Å². The number of carbonyl (C=O) groups excluding carboxylic acids is 1. The van der Waals surface area contributed by atoms with Crippen LogP contribution in [0, 0.1) is 5.92 Å². The van der Waals surface area contributed by atoms with Crippen molar-refractivity contribution in [1.29, 1.82) is 0 Å². The third-order valence-electron chi connectivity index (χ3n) is 4.06. The van der Waals surface area contributed by atoms with Crippen molar-refractivity contribution in [2.45, 2.75) is 25.8 Å². The molecule has 0 unspecified atom stereocenters. The van der Waals surface area contributed by atoms with E-state index < -0.39 is 0 Å². The van der Waals surface area contributed by atoms with Crippen molar-refractivity contribution in [3.63, 3.8) is 0 Å². The second-order valence-corrected chi connectivity index (χ2v) is 5.65. The maximum absolute atomic E-state index is 12.3. The SMILES string of the molecule is CC[C@@H](NC(=O)c1ccc(Oc2ccccc2)o1)[C@H]1CCOC1. The lowest BCUT2D eigenvalue weighted by molar-refractivity contribution is 0.0881. The molecule has 1 aromatic carbocycles. The zero-order valence-electron chi connectivity index (χ0n) is 13.2. The van der Waals surface area contributed by atoms with Gasteiger partial charge >= 0.3 is 0 Å². The molecule has 0 radical (unpaired) electrons. The number of benzene rings is 1. The van der Waals surface area contributed by atoms with Crippen LogP contribution in [0.25, 0.3) is 0 Å². The molecule has 0 saturated carbocycles. The van der Waals surface area contributed by atoms with Crippen molar-refractivity contribution in [1.82, 2.24) is 5.32 Å². The molecule has 5 nitrogen and oxygen atoms in total. The summed E-state index contributed by atoms with van der Waals surface area (Å²) in [6.07, 6.45) is 1.85. The Hall–Kier alpha value is -2.27. The van der Waals surface area contributed by atoms with Crippen molar-refractivity contribution < 1.29 is 18.7 Å². The molecule has 1 saturated heterocycles. The second-order valence-electron chi connectivity index (χ2n) is 5.65. The van der Waals surface area contributed by atoms with Crippen molar-refractivity contribution in [3.8, 4) is 11.7 Å². The average Bonchev–Trinajstić information content (AvgIpc) is 3.25. The Morgan fingerprint density at radius 1 is 1.30 bits per heavy atom. The fourth-order valence-electron chi connectivity index (χ4n) is 2.76. The number of carbonyl (C=O) groups is 1. The van der Waals surface area contributed by atoms with Crippen molar-refractivity contribution >= 4 is 5.91 Å². The molecule has 1 aromatic heterocycles. The van der Waals surface area contributed by atoms with Crippen LogP contribution in [-0.4, -0.2) is 25.2 Å². The van der Waals surface area contributed by atoms with Gasteiger partial charge in [0.25, 0.3) is 11.9 Å². The number of para-hydroxylation sites is 1. The minimum absolute atomic E-state index is 0.105. The Labute approximate surface area is 135 Å². The fraction of sp³-hybridized carbons (Fsp3) is 0.389. The molecule has 1 N–H and O–H groups in total. The molecular formula is C18H21NO4. The summed E-state index contributed by atoms with van der Waals surface area (Å²) in [5.74, 6) is 1.39. The standard InChI is InChI=1S/C18H21NO4/c1-2-15(13-10-11-21-12-13)19-18(20)16-8-9-17(23-16)22-14-6-4-3-5-7-14/h3-9,13,15H,2,10-12H2,1H3,(H,19,20)/t13-,15+/m0/s1. The van der Waals surface area contributed by atoms with Gasteiger partial charge in [-0.05, 0) is 31.0 Å². The van der Waals surface area contributed by atoms with Gasteiger partial charge in [-0.3, -0.25) is 4.79 Å². The van der Waals surface area contributed by atoms with E-state index in [1.807, 2.05) is 30.3 Å². The molecule has 1 amide bonds. The third kappa shape index (κ3) is 3.93. The van der Waals surface area contributed by atoms with E-state index in [0.29, 0.717) is 24.2 Å². The molecular weight excluding hydrogens is 294 g/mol. The van der Waals surface area contributed by atoms with E-state index in [0.717, 1.165) is 19.4 Å². The van der Waals surface area contributed by atoms with Crippen LogP contribution in [0.4, 0.5) is 0 Å². The number of ether oxygens (including phenoxy) is 2. The molecule has 0 bridgehead atoms. The fourth-order valence-corrected chi connectivity index (χ4v) is 2.76. The monoisotopic (exact) mass is 315 g/mol. The summed E-state index contributed by atoms with van der Waals surface area (Å²) in [6.45, 7) is 3.54.